The zero-order chi connectivity index (χ0) is 22.2. The van der Waals surface area contributed by atoms with E-state index in [4.69, 9.17) is 16.3 Å². The maximum atomic E-state index is 12.9. The van der Waals surface area contributed by atoms with Crippen LogP contribution in [-0.4, -0.2) is 39.3 Å². The highest BCUT2D eigenvalue weighted by molar-refractivity contribution is 6.33. The van der Waals surface area contributed by atoms with Gasteiger partial charge in [0.25, 0.3) is 0 Å². The van der Waals surface area contributed by atoms with Crippen molar-refractivity contribution in [2.75, 3.05) is 0 Å². The van der Waals surface area contributed by atoms with Gasteiger partial charge in [0.05, 0.1) is 5.02 Å². The maximum Gasteiger partial charge on any atom is 0.342 e. The van der Waals surface area contributed by atoms with Crippen molar-refractivity contribution in [1.29, 1.82) is 0 Å². The van der Waals surface area contributed by atoms with Crippen LogP contribution in [0.3, 0.4) is 0 Å². The number of benzene rings is 1. The molecule has 2 unspecified atom stereocenters. The topological polar surface area (TPSA) is 104 Å². The third-order valence-electron chi connectivity index (χ3n) is 7.71. The number of halogens is 1. The molecule has 0 heterocycles. The summed E-state index contributed by atoms with van der Waals surface area (Å²) in [6, 6.07) is 0.980. The zero-order valence-electron chi connectivity index (χ0n) is 17.5. The van der Waals surface area contributed by atoms with Gasteiger partial charge in [-0.1, -0.05) is 38.4 Å². The van der Waals surface area contributed by atoms with Gasteiger partial charge < -0.3 is 20.1 Å². The molecule has 2 saturated carbocycles. The number of aromatic hydroxyl groups is 2. The van der Waals surface area contributed by atoms with E-state index in [1.165, 1.54) is 6.92 Å². The predicted molar refractivity (Wildman–Crippen MR) is 111 cm³/mol. The van der Waals surface area contributed by atoms with Crippen LogP contribution < -0.4 is 0 Å². The van der Waals surface area contributed by atoms with Crippen LogP contribution in [0.15, 0.2) is 17.7 Å². The van der Waals surface area contributed by atoms with E-state index in [0.29, 0.717) is 12.7 Å². The number of hydrogen-bond acceptors (Lipinski definition) is 6. The minimum atomic E-state index is -1.57. The number of allylic oxidation sites excluding steroid dienone is 1. The summed E-state index contributed by atoms with van der Waals surface area (Å²) in [6.45, 7) is 7.84. The predicted octanol–water partition coefficient (Wildman–Crippen LogP) is 3.92. The van der Waals surface area contributed by atoms with Crippen LogP contribution in [0.5, 0.6) is 11.5 Å². The molecular formula is C23H27ClO6. The number of aldehydes is 1. The Morgan fingerprint density at radius 2 is 1.87 bits per heavy atom. The standard InChI is InChI=1S/C23H27ClO6/c1-11-18(15(26)6-16(27)19(11)24)20(28)30-17-9-22(4)14-8-21(2,3)7-12(14)5-13(10-25)23(17,22)29/h5-6,10,12,14,17,26-27,29H,7-9H2,1-4H3/t12-,14?,17+,22+,23?/m0/s1. The third-order valence-corrected chi connectivity index (χ3v) is 8.19. The fourth-order valence-corrected chi connectivity index (χ4v) is 6.33. The van der Waals surface area contributed by atoms with Crippen molar-refractivity contribution in [3.05, 3.63) is 33.9 Å². The van der Waals surface area contributed by atoms with Crippen LogP contribution in [0.1, 0.15) is 56.0 Å². The van der Waals surface area contributed by atoms with E-state index in [1.54, 1.807) is 0 Å². The Labute approximate surface area is 180 Å². The van der Waals surface area contributed by atoms with Crippen molar-refractivity contribution in [1.82, 2.24) is 0 Å². The van der Waals surface area contributed by atoms with Crippen LogP contribution in [0.4, 0.5) is 0 Å². The van der Waals surface area contributed by atoms with Crippen LogP contribution in [-0.2, 0) is 9.53 Å². The Morgan fingerprint density at radius 1 is 1.20 bits per heavy atom. The fourth-order valence-electron chi connectivity index (χ4n) is 6.18. The largest absolute Gasteiger partial charge is 0.507 e. The molecule has 7 heteroatoms. The quantitative estimate of drug-likeness (QED) is 0.492. The van der Waals surface area contributed by atoms with Crippen LogP contribution >= 0.6 is 11.6 Å². The van der Waals surface area contributed by atoms with Gasteiger partial charge in [0.15, 0.2) is 0 Å². The molecule has 1 aromatic rings. The molecule has 0 amide bonds. The number of ether oxygens (including phenoxy) is 1. The fraction of sp³-hybridized carbons (Fsp3) is 0.565. The van der Waals surface area contributed by atoms with Crippen molar-refractivity contribution >= 4 is 23.9 Å². The van der Waals surface area contributed by atoms with Gasteiger partial charge in [0.2, 0.25) is 0 Å². The first-order chi connectivity index (χ1) is 13.9. The van der Waals surface area contributed by atoms with Gasteiger partial charge in [-0.25, -0.2) is 4.79 Å². The lowest BCUT2D eigenvalue weighted by atomic mass is 9.44. The number of phenolic OH excluding ortho intramolecular Hbond substituents is 2. The molecular weight excluding hydrogens is 408 g/mol. The first-order valence-corrected chi connectivity index (χ1v) is 10.6. The average Bonchev–Trinajstić information content (AvgIpc) is 2.97. The van der Waals surface area contributed by atoms with Gasteiger partial charge in [0, 0.05) is 17.1 Å². The molecule has 5 atom stereocenters. The minimum Gasteiger partial charge on any atom is -0.507 e. The van der Waals surface area contributed by atoms with E-state index >= 15 is 0 Å². The molecule has 3 N–H and O–H groups in total. The molecule has 2 fully saturated rings. The summed E-state index contributed by atoms with van der Waals surface area (Å²) in [5.74, 6) is -1.25. The molecule has 1 aromatic carbocycles. The van der Waals surface area contributed by atoms with E-state index < -0.39 is 28.8 Å². The van der Waals surface area contributed by atoms with E-state index in [1.807, 2.05) is 13.0 Å². The lowest BCUT2D eigenvalue weighted by molar-refractivity contribution is -0.246. The average molecular weight is 435 g/mol. The molecule has 0 radical (unpaired) electrons. The third kappa shape index (κ3) is 2.66. The normalized spacial score (nSPS) is 36.2. The first kappa shape index (κ1) is 21.2. The van der Waals surface area contributed by atoms with Gasteiger partial charge in [-0.05, 0) is 49.0 Å². The molecule has 0 saturated heterocycles. The summed E-state index contributed by atoms with van der Waals surface area (Å²) in [6.07, 6.45) is 3.90. The second-order valence-corrected chi connectivity index (χ2v) is 10.5. The highest BCUT2D eigenvalue weighted by atomic mass is 35.5. The second-order valence-electron chi connectivity index (χ2n) is 10.1. The molecule has 30 heavy (non-hydrogen) atoms. The number of carbonyl (C=O) groups is 2. The van der Waals surface area contributed by atoms with E-state index in [2.05, 4.69) is 13.8 Å². The van der Waals surface area contributed by atoms with Crippen molar-refractivity contribution in [3.8, 4) is 11.5 Å². The van der Waals surface area contributed by atoms with Gasteiger partial charge >= 0.3 is 5.97 Å². The molecule has 4 rings (SSSR count). The number of hydrogen-bond donors (Lipinski definition) is 3. The first-order valence-electron chi connectivity index (χ1n) is 10.2. The molecule has 3 aliphatic carbocycles. The van der Waals surface area contributed by atoms with E-state index in [-0.39, 0.29) is 44.7 Å². The summed E-state index contributed by atoms with van der Waals surface area (Å²) in [5.41, 5.74) is -1.76. The van der Waals surface area contributed by atoms with Crippen molar-refractivity contribution in [2.45, 2.75) is 58.7 Å². The molecule has 0 aliphatic heterocycles. The number of fused-ring (bicyclic) bond motifs is 3. The highest BCUT2D eigenvalue weighted by Crippen LogP contribution is 2.68. The zero-order valence-corrected chi connectivity index (χ0v) is 18.3. The summed E-state index contributed by atoms with van der Waals surface area (Å²) in [5, 5.41) is 31.5. The Balaban J connectivity index is 1.66. The van der Waals surface area contributed by atoms with Crippen molar-refractivity contribution in [2.24, 2.45) is 22.7 Å². The molecule has 162 valence electrons. The van der Waals surface area contributed by atoms with Crippen molar-refractivity contribution in [3.63, 3.8) is 0 Å². The smallest absolute Gasteiger partial charge is 0.342 e. The monoisotopic (exact) mass is 434 g/mol. The number of aliphatic hydroxyl groups is 1. The SMILES string of the molecule is Cc1c(Cl)c(O)cc(O)c1C(=O)O[C@@H]1C[C@]2(C)C3CC(C)(C)C[C@@H]3C=C(C=O)C12O. The van der Waals surface area contributed by atoms with Gasteiger partial charge in [-0.3, -0.25) is 4.79 Å². The number of esters is 1. The van der Waals surface area contributed by atoms with Crippen LogP contribution in [0.2, 0.25) is 5.02 Å². The Bertz CT molecular complexity index is 982. The highest BCUT2D eigenvalue weighted by Gasteiger charge is 2.72. The van der Waals surface area contributed by atoms with E-state index in [9.17, 15) is 24.9 Å². The van der Waals surface area contributed by atoms with Crippen LogP contribution in [0, 0.1) is 29.6 Å². The second kappa shape index (κ2) is 6.47. The lowest BCUT2D eigenvalue weighted by Gasteiger charge is -2.64. The Kier molecular flexibility index (Phi) is 4.57. The summed E-state index contributed by atoms with van der Waals surface area (Å²) < 4.78 is 5.61. The Hall–Kier alpha value is -2.05. The molecule has 6 nitrogen and oxygen atoms in total. The Morgan fingerprint density at radius 3 is 2.50 bits per heavy atom. The van der Waals surface area contributed by atoms with E-state index in [0.717, 1.165) is 18.9 Å². The lowest BCUT2D eigenvalue weighted by Crippen LogP contribution is -2.72. The molecule has 0 bridgehead atoms. The number of phenols is 2. The summed E-state index contributed by atoms with van der Waals surface area (Å²) in [4.78, 5) is 24.7. The van der Waals surface area contributed by atoms with Gasteiger partial charge in [-0.2, -0.15) is 0 Å². The molecule has 3 aliphatic rings. The summed E-state index contributed by atoms with van der Waals surface area (Å²) >= 11 is 6.00. The van der Waals surface area contributed by atoms with Crippen molar-refractivity contribution < 1.29 is 29.6 Å². The minimum absolute atomic E-state index is 0.0564. The molecule has 0 spiro atoms. The summed E-state index contributed by atoms with van der Waals surface area (Å²) in [7, 11) is 0. The van der Waals surface area contributed by atoms with Gasteiger partial charge in [0.1, 0.15) is 35.1 Å². The van der Waals surface area contributed by atoms with Gasteiger partial charge in [-0.15, -0.1) is 0 Å². The number of rotatable bonds is 3. The number of carbonyl (C=O) groups excluding carboxylic acids is 2. The maximum absolute atomic E-state index is 12.9. The van der Waals surface area contributed by atoms with Crippen LogP contribution in [0.25, 0.3) is 0 Å². The molecule has 0 aromatic heterocycles.